The third-order valence-electron chi connectivity index (χ3n) is 9.09. The van der Waals surface area contributed by atoms with E-state index >= 15 is 8.78 Å². The van der Waals surface area contributed by atoms with Crippen LogP contribution in [0, 0.1) is 0 Å². The molecule has 8 aromatic rings. The number of fused-ring (bicyclic) bond motifs is 3. The van der Waals surface area contributed by atoms with Crippen LogP contribution in [0.15, 0.2) is 164 Å². The van der Waals surface area contributed by atoms with E-state index in [0.29, 0.717) is 45.6 Å². The van der Waals surface area contributed by atoms with Gasteiger partial charge in [0, 0.05) is 44.5 Å². The van der Waals surface area contributed by atoms with E-state index in [-0.39, 0.29) is 11.1 Å². The molecule has 1 aliphatic carbocycles. The first kappa shape index (κ1) is 30.3. The van der Waals surface area contributed by atoms with Crippen molar-refractivity contribution < 1.29 is 8.78 Å². The Morgan fingerprint density at radius 2 is 0.647 bits per heavy atom. The highest BCUT2D eigenvalue weighted by molar-refractivity contribution is 5.86. The largest absolute Gasteiger partial charge is 0.299 e. The summed E-state index contributed by atoms with van der Waals surface area (Å²) >= 11 is 0. The number of aromatic nitrogens is 5. The predicted molar refractivity (Wildman–Crippen MR) is 196 cm³/mol. The van der Waals surface area contributed by atoms with Gasteiger partial charge in [0.15, 0.2) is 23.3 Å². The number of hydrogen-bond acceptors (Lipinski definition) is 5. The highest BCUT2D eigenvalue weighted by atomic mass is 19.3. The third kappa shape index (κ3) is 5.55. The SMILES string of the molecule is FC1(F)c2ccc(-c3nc(-c4ccccc4)cc(-c4ccccc4)n3)cc2-c2cc(-c3nc(-c4ccccc4)nc(-c4ccccc4)n3)ccc21. The molecule has 0 atom stereocenters. The Labute approximate surface area is 293 Å². The fraction of sp³-hybridized carbons (Fsp3) is 0.0227. The van der Waals surface area contributed by atoms with E-state index in [1.807, 2.05) is 127 Å². The maximum atomic E-state index is 16.1. The smallest absolute Gasteiger partial charge is 0.228 e. The molecule has 242 valence electrons. The first-order valence-electron chi connectivity index (χ1n) is 16.6. The molecule has 51 heavy (non-hydrogen) atoms. The minimum Gasteiger partial charge on any atom is -0.228 e. The van der Waals surface area contributed by atoms with Crippen molar-refractivity contribution in [1.82, 2.24) is 24.9 Å². The summed E-state index contributed by atoms with van der Waals surface area (Å²) in [7, 11) is 0. The van der Waals surface area contributed by atoms with Gasteiger partial charge in [-0.25, -0.2) is 24.9 Å². The van der Waals surface area contributed by atoms with Crippen LogP contribution >= 0.6 is 0 Å². The zero-order chi connectivity index (χ0) is 34.4. The summed E-state index contributed by atoms with van der Waals surface area (Å²) in [5.41, 5.74) is 6.95. The number of rotatable bonds is 6. The Kier molecular flexibility index (Phi) is 7.32. The van der Waals surface area contributed by atoms with Gasteiger partial charge in [-0.3, -0.25) is 0 Å². The lowest BCUT2D eigenvalue weighted by atomic mass is 10.00. The van der Waals surface area contributed by atoms with Gasteiger partial charge < -0.3 is 0 Å². The normalized spacial score (nSPS) is 12.7. The summed E-state index contributed by atoms with van der Waals surface area (Å²) in [4.78, 5) is 24.3. The minimum absolute atomic E-state index is 0.0634. The Morgan fingerprint density at radius 3 is 1.04 bits per heavy atom. The lowest BCUT2D eigenvalue weighted by Crippen LogP contribution is -2.10. The molecule has 0 saturated heterocycles. The number of hydrogen-bond donors (Lipinski definition) is 0. The predicted octanol–water partition coefficient (Wildman–Crippen LogP) is 10.8. The second kappa shape index (κ2) is 12.3. The number of benzene rings is 6. The number of nitrogens with zero attached hydrogens (tertiary/aromatic N) is 5. The molecule has 0 bridgehead atoms. The summed E-state index contributed by atoms with van der Waals surface area (Å²) in [6.45, 7) is 0. The van der Waals surface area contributed by atoms with E-state index < -0.39 is 5.92 Å². The quantitative estimate of drug-likeness (QED) is 0.177. The van der Waals surface area contributed by atoms with Crippen LogP contribution in [-0.4, -0.2) is 24.9 Å². The van der Waals surface area contributed by atoms with Gasteiger partial charge in [-0.2, -0.15) is 8.78 Å². The molecule has 0 spiro atoms. The lowest BCUT2D eigenvalue weighted by molar-refractivity contribution is 0.0480. The van der Waals surface area contributed by atoms with Gasteiger partial charge in [-0.1, -0.05) is 146 Å². The molecule has 2 aromatic heterocycles. The Hall–Kier alpha value is -6.73. The summed E-state index contributed by atoms with van der Waals surface area (Å²) in [5.74, 6) is -1.35. The van der Waals surface area contributed by atoms with E-state index in [1.54, 1.807) is 24.3 Å². The second-order valence-electron chi connectivity index (χ2n) is 12.3. The zero-order valence-electron chi connectivity index (χ0n) is 27.1. The molecule has 6 aromatic carbocycles. The van der Waals surface area contributed by atoms with Crippen molar-refractivity contribution in [3.8, 4) is 79.2 Å². The first-order valence-corrected chi connectivity index (χ1v) is 16.6. The average Bonchev–Trinajstić information content (AvgIpc) is 3.43. The summed E-state index contributed by atoms with van der Waals surface area (Å²) < 4.78 is 32.1. The van der Waals surface area contributed by atoms with Gasteiger partial charge in [0.2, 0.25) is 0 Å². The van der Waals surface area contributed by atoms with Crippen molar-refractivity contribution in [2.75, 3.05) is 0 Å². The molecular formula is C44H27F2N5. The Bertz CT molecular complexity index is 2250. The number of halogens is 2. The van der Waals surface area contributed by atoms with Gasteiger partial charge in [-0.05, 0) is 29.3 Å². The fourth-order valence-electron chi connectivity index (χ4n) is 6.53. The van der Waals surface area contributed by atoms with Crippen LogP contribution in [0.2, 0.25) is 0 Å². The lowest BCUT2D eigenvalue weighted by Gasteiger charge is -2.13. The van der Waals surface area contributed by atoms with E-state index in [0.717, 1.165) is 33.6 Å². The van der Waals surface area contributed by atoms with Crippen LogP contribution in [0.1, 0.15) is 11.1 Å². The molecule has 0 aliphatic heterocycles. The molecule has 7 heteroatoms. The Morgan fingerprint density at radius 1 is 0.314 bits per heavy atom. The van der Waals surface area contributed by atoms with Crippen molar-refractivity contribution in [2.45, 2.75) is 5.92 Å². The minimum atomic E-state index is -3.19. The van der Waals surface area contributed by atoms with E-state index in [4.69, 9.17) is 24.9 Å². The Balaban J connectivity index is 1.19. The van der Waals surface area contributed by atoms with E-state index in [1.165, 1.54) is 12.1 Å². The van der Waals surface area contributed by atoms with Crippen molar-refractivity contribution in [3.63, 3.8) is 0 Å². The maximum Gasteiger partial charge on any atom is 0.299 e. The molecule has 1 aliphatic rings. The molecule has 2 heterocycles. The molecular weight excluding hydrogens is 637 g/mol. The molecule has 0 saturated carbocycles. The summed E-state index contributed by atoms with van der Waals surface area (Å²) in [6.07, 6.45) is 0. The molecule has 0 fully saturated rings. The molecule has 0 radical (unpaired) electrons. The van der Waals surface area contributed by atoms with Gasteiger partial charge in [0.1, 0.15) is 0 Å². The van der Waals surface area contributed by atoms with Gasteiger partial charge in [-0.15, -0.1) is 0 Å². The van der Waals surface area contributed by atoms with Crippen LogP contribution in [-0.2, 0) is 5.92 Å². The van der Waals surface area contributed by atoms with Crippen LogP contribution in [0.25, 0.3) is 79.2 Å². The highest BCUT2D eigenvalue weighted by Crippen LogP contribution is 2.52. The summed E-state index contributed by atoms with van der Waals surface area (Å²) in [6, 6.07) is 50.9. The van der Waals surface area contributed by atoms with Crippen molar-refractivity contribution in [1.29, 1.82) is 0 Å². The third-order valence-corrected chi connectivity index (χ3v) is 9.09. The first-order chi connectivity index (χ1) is 25.0. The molecule has 0 amide bonds. The van der Waals surface area contributed by atoms with Crippen LogP contribution in [0.3, 0.4) is 0 Å². The fourth-order valence-corrected chi connectivity index (χ4v) is 6.53. The summed E-state index contributed by atoms with van der Waals surface area (Å²) in [5, 5.41) is 0. The van der Waals surface area contributed by atoms with Crippen molar-refractivity contribution in [3.05, 3.63) is 175 Å². The average molecular weight is 664 g/mol. The highest BCUT2D eigenvalue weighted by Gasteiger charge is 2.44. The second-order valence-corrected chi connectivity index (χ2v) is 12.3. The zero-order valence-corrected chi connectivity index (χ0v) is 27.1. The van der Waals surface area contributed by atoms with Gasteiger partial charge >= 0.3 is 0 Å². The van der Waals surface area contributed by atoms with Crippen LogP contribution in [0.4, 0.5) is 8.78 Å². The van der Waals surface area contributed by atoms with Crippen molar-refractivity contribution >= 4 is 0 Å². The molecule has 5 nitrogen and oxygen atoms in total. The molecule has 0 N–H and O–H groups in total. The van der Waals surface area contributed by atoms with Crippen LogP contribution in [0.5, 0.6) is 0 Å². The van der Waals surface area contributed by atoms with Gasteiger partial charge in [0.05, 0.1) is 11.4 Å². The van der Waals surface area contributed by atoms with Crippen LogP contribution < -0.4 is 0 Å². The van der Waals surface area contributed by atoms with E-state index in [2.05, 4.69) is 0 Å². The molecule has 9 rings (SSSR count). The van der Waals surface area contributed by atoms with Crippen molar-refractivity contribution in [2.24, 2.45) is 0 Å². The number of alkyl halides is 2. The van der Waals surface area contributed by atoms with Gasteiger partial charge in [0.25, 0.3) is 5.92 Å². The van der Waals surface area contributed by atoms with E-state index in [9.17, 15) is 0 Å². The monoisotopic (exact) mass is 663 g/mol. The standard InChI is InChI=1S/C44H27F2N5/c45-44(46)36-23-21-32(42-47-38(28-13-5-1-6-14-28)27-39(48-42)29-15-7-2-8-16-29)25-34(36)35-26-33(22-24-37(35)44)43-50-40(30-17-9-3-10-18-30)49-41(51-43)31-19-11-4-12-20-31/h1-27H. The molecule has 0 unspecified atom stereocenters. The topological polar surface area (TPSA) is 64.5 Å². The maximum absolute atomic E-state index is 16.1.